The summed E-state index contributed by atoms with van der Waals surface area (Å²) in [6.07, 6.45) is 0. The van der Waals surface area contributed by atoms with Gasteiger partial charge in [0, 0.05) is 12.1 Å². The Morgan fingerprint density at radius 1 is 1.38 bits per heavy atom. The van der Waals surface area contributed by atoms with Crippen LogP contribution in [0.2, 0.25) is 0 Å². The van der Waals surface area contributed by atoms with Crippen molar-refractivity contribution in [3.05, 3.63) is 0 Å². The van der Waals surface area contributed by atoms with E-state index in [1.807, 2.05) is 0 Å². The Kier molecular flexibility index (Phi) is 6.13. The summed E-state index contributed by atoms with van der Waals surface area (Å²) in [5.41, 5.74) is 0. The van der Waals surface area contributed by atoms with Gasteiger partial charge < -0.3 is 0 Å². The van der Waals surface area contributed by atoms with Gasteiger partial charge >= 0.3 is 0 Å². The van der Waals surface area contributed by atoms with Gasteiger partial charge in [0.15, 0.2) is 0 Å². The average molecular weight is 220 g/mol. The van der Waals surface area contributed by atoms with Gasteiger partial charge in [0.25, 0.3) is 0 Å². The van der Waals surface area contributed by atoms with E-state index in [0.29, 0.717) is 12.1 Å². The summed E-state index contributed by atoms with van der Waals surface area (Å²) >= 11 is 6.70. The zero-order chi connectivity index (χ0) is 10.4. The van der Waals surface area contributed by atoms with Gasteiger partial charge in [-0.25, -0.2) is 4.31 Å². The van der Waals surface area contributed by atoms with E-state index in [-0.39, 0.29) is 5.17 Å². The van der Waals surface area contributed by atoms with Crippen molar-refractivity contribution in [2.45, 2.75) is 39.8 Å². The monoisotopic (exact) mass is 219 g/mol. The summed E-state index contributed by atoms with van der Waals surface area (Å²) < 4.78 is 5.92. The molecule has 0 aromatic rings. The van der Waals surface area contributed by atoms with Crippen LogP contribution in [0.1, 0.15) is 27.7 Å². The molecule has 3 nitrogen and oxygen atoms in total. The lowest BCUT2D eigenvalue weighted by molar-refractivity contribution is 0.336. The minimum Gasteiger partial charge on any atom is -0.226 e. The second-order valence-corrected chi connectivity index (χ2v) is 4.25. The van der Waals surface area contributed by atoms with Gasteiger partial charge in [0.2, 0.25) is 5.17 Å². The van der Waals surface area contributed by atoms with Gasteiger partial charge in [-0.2, -0.15) is 9.66 Å². The highest BCUT2D eigenvalue weighted by Gasteiger charge is 2.13. The summed E-state index contributed by atoms with van der Waals surface area (Å²) in [5.74, 6) is 0. The van der Waals surface area contributed by atoms with E-state index < -0.39 is 0 Å². The van der Waals surface area contributed by atoms with Crippen LogP contribution in [0.4, 0.5) is 0 Å². The summed E-state index contributed by atoms with van der Waals surface area (Å²) in [6.45, 7) is 8.29. The van der Waals surface area contributed by atoms with Crippen molar-refractivity contribution in [3.63, 3.8) is 0 Å². The van der Waals surface area contributed by atoms with Crippen LogP contribution in [-0.2, 0) is 0 Å². The maximum Gasteiger partial charge on any atom is 0.215 e. The molecule has 0 saturated heterocycles. The van der Waals surface area contributed by atoms with Crippen LogP contribution in [-0.4, -0.2) is 21.6 Å². The first-order valence-corrected chi connectivity index (χ1v) is 5.19. The summed E-state index contributed by atoms with van der Waals surface area (Å²) in [4.78, 5) is 0. The Bertz CT molecular complexity index is 212. The van der Waals surface area contributed by atoms with Crippen LogP contribution in [0.25, 0.3) is 0 Å². The maximum atomic E-state index is 8.38. The van der Waals surface area contributed by atoms with Gasteiger partial charge in [0.1, 0.15) is 6.07 Å². The molecule has 0 radical (unpaired) electrons. The minimum absolute atomic E-state index is 0.0173. The SMILES string of the molecule is CC(C)N(S/N=C(\Cl)C#N)C(C)C. The predicted octanol–water partition coefficient (Wildman–Crippen LogP) is 2.83. The third kappa shape index (κ3) is 5.14. The Morgan fingerprint density at radius 2 is 1.85 bits per heavy atom. The van der Waals surface area contributed by atoms with E-state index in [0.717, 1.165) is 0 Å². The molecular weight excluding hydrogens is 206 g/mol. The number of nitrogens with zero attached hydrogens (tertiary/aromatic N) is 3. The van der Waals surface area contributed by atoms with E-state index >= 15 is 0 Å². The van der Waals surface area contributed by atoms with Crippen LogP contribution in [0.3, 0.4) is 0 Å². The molecule has 5 heteroatoms. The van der Waals surface area contributed by atoms with E-state index in [1.165, 1.54) is 12.1 Å². The summed E-state index contributed by atoms with van der Waals surface area (Å²) in [6, 6.07) is 2.51. The largest absolute Gasteiger partial charge is 0.226 e. The molecule has 0 spiro atoms. The van der Waals surface area contributed by atoms with Crippen LogP contribution in [0.5, 0.6) is 0 Å². The molecule has 74 valence electrons. The van der Waals surface area contributed by atoms with Crippen molar-refractivity contribution in [1.29, 1.82) is 5.26 Å². The highest BCUT2D eigenvalue weighted by molar-refractivity contribution is 7.96. The number of hydrogen-bond acceptors (Lipinski definition) is 4. The predicted molar refractivity (Wildman–Crippen MR) is 58.6 cm³/mol. The molecule has 0 atom stereocenters. The summed E-state index contributed by atoms with van der Waals surface area (Å²) in [7, 11) is 0. The first-order chi connectivity index (χ1) is 5.99. The van der Waals surface area contributed by atoms with Crippen molar-refractivity contribution in [2.24, 2.45) is 4.40 Å². The Morgan fingerprint density at radius 3 is 2.15 bits per heavy atom. The van der Waals surface area contributed by atoms with Crippen LogP contribution >= 0.6 is 23.7 Å². The normalized spacial score (nSPS) is 12.7. The molecule has 0 aliphatic rings. The second kappa shape index (κ2) is 6.25. The quantitative estimate of drug-likeness (QED) is 0.539. The van der Waals surface area contributed by atoms with Crippen molar-refractivity contribution in [2.75, 3.05) is 0 Å². The van der Waals surface area contributed by atoms with E-state index in [4.69, 9.17) is 16.9 Å². The van der Waals surface area contributed by atoms with Crippen LogP contribution in [0.15, 0.2) is 4.40 Å². The smallest absolute Gasteiger partial charge is 0.215 e. The number of nitriles is 1. The molecule has 0 aromatic carbocycles. The molecule has 0 N–H and O–H groups in total. The average Bonchev–Trinajstić information content (AvgIpc) is 2.03. The highest BCUT2D eigenvalue weighted by Crippen LogP contribution is 2.19. The molecule has 0 fully saturated rings. The Balaban J connectivity index is 4.22. The molecule has 0 saturated carbocycles. The molecule has 13 heavy (non-hydrogen) atoms. The van der Waals surface area contributed by atoms with Gasteiger partial charge in [-0.3, -0.25) is 0 Å². The first kappa shape index (κ1) is 12.8. The van der Waals surface area contributed by atoms with Crippen molar-refractivity contribution >= 4 is 28.9 Å². The van der Waals surface area contributed by atoms with Gasteiger partial charge in [-0.15, -0.1) is 0 Å². The molecule has 0 unspecified atom stereocenters. The fourth-order valence-electron chi connectivity index (χ4n) is 0.888. The molecule has 0 aliphatic carbocycles. The second-order valence-electron chi connectivity index (χ2n) is 3.12. The Labute approximate surface area is 89.0 Å². The third-order valence-corrected chi connectivity index (χ3v) is 2.89. The zero-order valence-corrected chi connectivity index (χ0v) is 9.85. The lowest BCUT2D eigenvalue weighted by atomic mass is 10.3. The lowest BCUT2D eigenvalue weighted by Crippen LogP contribution is -2.30. The van der Waals surface area contributed by atoms with Crippen LogP contribution in [0, 0.1) is 11.3 Å². The van der Waals surface area contributed by atoms with E-state index in [2.05, 4.69) is 36.4 Å². The topological polar surface area (TPSA) is 39.4 Å². The van der Waals surface area contributed by atoms with Crippen molar-refractivity contribution < 1.29 is 0 Å². The van der Waals surface area contributed by atoms with E-state index in [1.54, 1.807) is 6.07 Å². The molecule has 0 rings (SSSR count). The van der Waals surface area contributed by atoms with Gasteiger partial charge in [-0.05, 0) is 39.3 Å². The highest BCUT2D eigenvalue weighted by atomic mass is 35.5. The third-order valence-electron chi connectivity index (χ3n) is 1.33. The maximum absolute atomic E-state index is 8.38. The van der Waals surface area contributed by atoms with Gasteiger partial charge in [-0.1, -0.05) is 0 Å². The fraction of sp³-hybridized carbons (Fsp3) is 0.750. The molecule has 0 aliphatic heterocycles. The lowest BCUT2D eigenvalue weighted by Gasteiger charge is -2.26. The fourth-order valence-corrected chi connectivity index (χ4v) is 1.56. The first-order valence-electron chi connectivity index (χ1n) is 4.08. The minimum atomic E-state index is -0.0173. The number of halogens is 1. The molecular formula is C8H14ClN3S. The van der Waals surface area contributed by atoms with Gasteiger partial charge in [0.05, 0.1) is 12.1 Å². The number of hydrogen-bond donors (Lipinski definition) is 0. The molecule has 0 bridgehead atoms. The van der Waals surface area contributed by atoms with E-state index in [9.17, 15) is 0 Å². The summed E-state index contributed by atoms with van der Waals surface area (Å²) in [5, 5.41) is 8.36. The standard InChI is InChI=1S/C8H14ClN3S/c1-6(2)12(7(3)4)13-11-8(9)5-10/h6-7H,1-4H3/b11-8-. The van der Waals surface area contributed by atoms with Crippen LogP contribution < -0.4 is 0 Å². The van der Waals surface area contributed by atoms with Crippen molar-refractivity contribution in [1.82, 2.24) is 4.31 Å². The zero-order valence-electron chi connectivity index (χ0n) is 8.28. The van der Waals surface area contributed by atoms with Crippen molar-refractivity contribution in [3.8, 4) is 6.07 Å². The Hall–Kier alpha value is -0.240. The number of rotatable bonds is 4. The molecule has 0 amide bonds. The molecule has 0 aromatic heterocycles. The molecule has 0 heterocycles.